The number of urea groups is 1. The molecule has 0 fully saturated rings. The van der Waals surface area contributed by atoms with Gasteiger partial charge in [0, 0.05) is 18.4 Å². The molecular formula is C15H13ClFN3O2. The summed E-state index contributed by atoms with van der Waals surface area (Å²) in [5, 5.41) is 7.67. The molecule has 0 aliphatic rings. The zero-order chi connectivity index (χ0) is 16.1. The van der Waals surface area contributed by atoms with Crippen molar-refractivity contribution in [2.75, 3.05) is 17.7 Å². The van der Waals surface area contributed by atoms with E-state index < -0.39 is 11.7 Å². The van der Waals surface area contributed by atoms with E-state index in [9.17, 15) is 14.0 Å². The van der Waals surface area contributed by atoms with Crippen molar-refractivity contribution in [2.45, 2.75) is 0 Å². The van der Waals surface area contributed by atoms with Gasteiger partial charge in [0.2, 0.25) is 0 Å². The zero-order valence-corrected chi connectivity index (χ0v) is 12.4. The average molecular weight is 322 g/mol. The Labute approximate surface area is 131 Å². The molecule has 3 N–H and O–H groups in total. The first kappa shape index (κ1) is 15.8. The van der Waals surface area contributed by atoms with Crippen LogP contribution in [0.1, 0.15) is 10.4 Å². The number of hydrogen-bond acceptors (Lipinski definition) is 2. The molecule has 0 aliphatic heterocycles. The Hall–Kier alpha value is -2.60. The molecule has 7 heteroatoms. The Bertz CT molecular complexity index is 722. The Kier molecular flexibility index (Phi) is 4.95. The Balaban J connectivity index is 2.14. The van der Waals surface area contributed by atoms with Gasteiger partial charge >= 0.3 is 6.03 Å². The fourth-order valence-corrected chi connectivity index (χ4v) is 1.99. The van der Waals surface area contributed by atoms with E-state index in [1.54, 1.807) is 24.3 Å². The van der Waals surface area contributed by atoms with Gasteiger partial charge in [-0.2, -0.15) is 0 Å². The summed E-state index contributed by atoms with van der Waals surface area (Å²) < 4.78 is 13.0. The SMILES string of the molecule is CNC(=O)Nc1cccc(NC(=O)c2ccc(F)cc2Cl)c1. The summed E-state index contributed by atoms with van der Waals surface area (Å²) in [6, 6.07) is 9.76. The fourth-order valence-electron chi connectivity index (χ4n) is 1.74. The standard InChI is InChI=1S/C15H13ClFN3O2/c1-18-15(22)20-11-4-2-3-10(8-11)19-14(21)12-6-5-9(17)7-13(12)16/h2-8H,1H3,(H,19,21)(H2,18,20,22). The van der Waals surface area contributed by atoms with Crippen molar-refractivity contribution in [3.63, 3.8) is 0 Å². The topological polar surface area (TPSA) is 70.2 Å². The van der Waals surface area contributed by atoms with Crippen LogP contribution in [0.2, 0.25) is 5.02 Å². The number of hydrogen-bond donors (Lipinski definition) is 3. The van der Waals surface area contributed by atoms with E-state index in [1.807, 2.05) is 0 Å². The molecule has 0 radical (unpaired) electrons. The molecule has 0 heterocycles. The Morgan fingerprint density at radius 3 is 2.36 bits per heavy atom. The van der Waals surface area contributed by atoms with Crippen LogP contribution in [0, 0.1) is 5.82 Å². The van der Waals surface area contributed by atoms with E-state index in [0.29, 0.717) is 11.4 Å². The number of rotatable bonds is 3. The van der Waals surface area contributed by atoms with Crippen molar-refractivity contribution in [2.24, 2.45) is 0 Å². The second-order valence-corrected chi connectivity index (χ2v) is 4.77. The summed E-state index contributed by atoms with van der Waals surface area (Å²) in [4.78, 5) is 23.4. The maximum atomic E-state index is 13.0. The normalized spacial score (nSPS) is 9.95. The van der Waals surface area contributed by atoms with Crippen molar-refractivity contribution < 1.29 is 14.0 Å². The van der Waals surface area contributed by atoms with Gasteiger partial charge in [0.15, 0.2) is 0 Å². The molecule has 0 bridgehead atoms. The van der Waals surface area contributed by atoms with Gasteiger partial charge in [-0.1, -0.05) is 17.7 Å². The molecule has 2 aromatic carbocycles. The molecular weight excluding hydrogens is 309 g/mol. The predicted octanol–water partition coefficient (Wildman–Crippen LogP) is 3.48. The lowest BCUT2D eigenvalue weighted by atomic mass is 10.2. The van der Waals surface area contributed by atoms with Gasteiger partial charge in [0.25, 0.3) is 5.91 Å². The molecule has 2 rings (SSSR count). The predicted molar refractivity (Wildman–Crippen MR) is 83.9 cm³/mol. The lowest BCUT2D eigenvalue weighted by Crippen LogP contribution is -2.24. The largest absolute Gasteiger partial charge is 0.341 e. The Morgan fingerprint density at radius 2 is 1.73 bits per heavy atom. The summed E-state index contributed by atoms with van der Waals surface area (Å²) in [5.74, 6) is -0.986. The minimum absolute atomic E-state index is 0.0251. The maximum Gasteiger partial charge on any atom is 0.318 e. The molecule has 2 aromatic rings. The van der Waals surface area contributed by atoms with Gasteiger partial charge in [-0.15, -0.1) is 0 Å². The molecule has 22 heavy (non-hydrogen) atoms. The monoisotopic (exact) mass is 321 g/mol. The van der Waals surface area contributed by atoms with E-state index in [0.717, 1.165) is 12.1 Å². The van der Waals surface area contributed by atoms with Crippen LogP contribution in [0.5, 0.6) is 0 Å². The van der Waals surface area contributed by atoms with Crippen molar-refractivity contribution in [3.8, 4) is 0 Å². The lowest BCUT2D eigenvalue weighted by molar-refractivity contribution is 0.102. The van der Waals surface area contributed by atoms with Gasteiger partial charge in [-0.05, 0) is 36.4 Å². The second-order valence-electron chi connectivity index (χ2n) is 4.36. The molecule has 0 unspecified atom stereocenters. The van der Waals surface area contributed by atoms with Crippen molar-refractivity contribution >= 4 is 34.9 Å². The van der Waals surface area contributed by atoms with Crippen LogP contribution in [0.4, 0.5) is 20.6 Å². The Morgan fingerprint density at radius 1 is 1.05 bits per heavy atom. The quantitative estimate of drug-likeness (QED) is 0.810. The minimum atomic E-state index is -0.515. The maximum absolute atomic E-state index is 13.0. The van der Waals surface area contributed by atoms with Gasteiger partial charge < -0.3 is 16.0 Å². The molecule has 0 saturated carbocycles. The molecule has 0 aliphatic carbocycles. The first-order valence-electron chi connectivity index (χ1n) is 6.35. The molecule has 0 aromatic heterocycles. The number of halogens is 2. The summed E-state index contributed by atoms with van der Waals surface area (Å²) in [7, 11) is 1.50. The fraction of sp³-hybridized carbons (Fsp3) is 0.0667. The third-order valence-corrected chi connectivity index (χ3v) is 3.09. The van der Waals surface area contributed by atoms with Crippen molar-refractivity contribution in [3.05, 3.63) is 58.9 Å². The van der Waals surface area contributed by atoms with Gasteiger partial charge in [-0.3, -0.25) is 4.79 Å². The molecule has 0 spiro atoms. The highest BCUT2D eigenvalue weighted by molar-refractivity contribution is 6.34. The highest BCUT2D eigenvalue weighted by Crippen LogP contribution is 2.20. The number of nitrogens with one attached hydrogen (secondary N) is 3. The van der Waals surface area contributed by atoms with Crippen LogP contribution in [-0.2, 0) is 0 Å². The number of benzene rings is 2. The highest BCUT2D eigenvalue weighted by Gasteiger charge is 2.11. The van der Waals surface area contributed by atoms with E-state index >= 15 is 0 Å². The van der Waals surface area contributed by atoms with Crippen LogP contribution in [0.15, 0.2) is 42.5 Å². The van der Waals surface area contributed by atoms with Crippen molar-refractivity contribution in [1.82, 2.24) is 5.32 Å². The van der Waals surface area contributed by atoms with Crippen LogP contribution in [0.3, 0.4) is 0 Å². The van der Waals surface area contributed by atoms with Gasteiger partial charge in [0.1, 0.15) is 5.82 Å². The molecule has 3 amide bonds. The van der Waals surface area contributed by atoms with E-state index in [2.05, 4.69) is 16.0 Å². The molecule has 5 nitrogen and oxygen atoms in total. The van der Waals surface area contributed by atoms with Gasteiger partial charge in [-0.25, -0.2) is 9.18 Å². The highest BCUT2D eigenvalue weighted by atomic mass is 35.5. The summed E-state index contributed by atoms with van der Waals surface area (Å²) >= 11 is 5.84. The minimum Gasteiger partial charge on any atom is -0.341 e. The third-order valence-electron chi connectivity index (χ3n) is 2.78. The molecule has 0 saturated heterocycles. The van der Waals surface area contributed by atoms with Crippen LogP contribution in [0.25, 0.3) is 0 Å². The summed E-state index contributed by atoms with van der Waals surface area (Å²) in [6.07, 6.45) is 0. The van der Waals surface area contributed by atoms with E-state index in [1.165, 1.54) is 13.1 Å². The number of amides is 3. The average Bonchev–Trinajstić information content (AvgIpc) is 2.47. The number of anilines is 2. The van der Waals surface area contributed by atoms with Gasteiger partial charge in [0.05, 0.1) is 10.6 Å². The second kappa shape index (κ2) is 6.91. The van der Waals surface area contributed by atoms with Crippen LogP contribution in [-0.4, -0.2) is 19.0 Å². The van der Waals surface area contributed by atoms with E-state index in [4.69, 9.17) is 11.6 Å². The first-order valence-corrected chi connectivity index (χ1v) is 6.72. The van der Waals surface area contributed by atoms with E-state index in [-0.39, 0.29) is 16.6 Å². The zero-order valence-electron chi connectivity index (χ0n) is 11.6. The number of carbonyl (C=O) groups excluding carboxylic acids is 2. The summed E-state index contributed by atoms with van der Waals surface area (Å²) in [5.41, 5.74) is 1.15. The molecule has 0 atom stereocenters. The molecule has 114 valence electrons. The van der Waals surface area contributed by atoms with Crippen LogP contribution < -0.4 is 16.0 Å². The summed E-state index contributed by atoms with van der Waals surface area (Å²) in [6.45, 7) is 0. The number of carbonyl (C=O) groups is 2. The third kappa shape index (κ3) is 3.95. The van der Waals surface area contributed by atoms with Crippen LogP contribution >= 0.6 is 11.6 Å². The smallest absolute Gasteiger partial charge is 0.318 e. The van der Waals surface area contributed by atoms with Crippen molar-refractivity contribution in [1.29, 1.82) is 0 Å². The first-order chi connectivity index (χ1) is 10.5. The lowest BCUT2D eigenvalue weighted by Gasteiger charge is -2.09.